The summed E-state index contributed by atoms with van der Waals surface area (Å²) in [7, 11) is 4.33. The van der Waals surface area contributed by atoms with Crippen LogP contribution in [0.5, 0.6) is 11.5 Å². The van der Waals surface area contributed by atoms with Crippen LogP contribution < -0.4 is 20.1 Å². The van der Waals surface area contributed by atoms with Crippen LogP contribution >= 0.6 is 0 Å². The lowest BCUT2D eigenvalue weighted by molar-refractivity contribution is 0.0600. The van der Waals surface area contributed by atoms with Gasteiger partial charge >= 0.3 is 5.97 Å². The van der Waals surface area contributed by atoms with Gasteiger partial charge in [0, 0.05) is 11.1 Å². The lowest BCUT2D eigenvalue weighted by atomic mass is 10.1. The van der Waals surface area contributed by atoms with Gasteiger partial charge in [-0.2, -0.15) is 0 Å². The molecule has 0 bridgehead atoms. The number of ether oxygens (including phenoxy) is 3. The number of methoxy groups -OCH3 is 3. The Balaban J connectivity index is 1.88. The molecule has 8 nitrogen and oxygen atoms in total. The standard InChI is InChI=1S/C24H22N2O6/c1-30-18-9-4-15(5-10-18)22(27)25-20-13-8-17(24(29)32-3)14-21(20)26-23(28)16-6-11-19(31-2)12-7-16/h4-14H,1-3H3,(H,25,27)(H,26,28). The molecule has 0 aliphatic carbocycles. The molecule has 0 fully saturated rings. The molecule has 0 heterocycles. The van der Waals surface area contributed by atoms with Crippen molar-refractivity contribution in [2.75, 3.05) is 32.0 Å². The number of benzene rings is 3. The summed E-state index contributed by atoms with van der Waals surface area (Å²) in [4.78, 5) is 37.4. The summed E-state index contributed by atoms with van der Waals surface area (Å²) in [6, 6.07) is 17.6. The monoisotopic (exact) mass is 434 g/mol. The number of hydrogen-bond donors (Lipinski definition) is 2. The fourth-order valence-electron chi connectivity index (χ4n) is 2.88. The highest BCUT2D eigenvalue weighted by Crippen LogP contribution is 2.26. The van der Waals surface area contributed by atoms with Gasteiger partial charge in [0.2, 0.25) is 0 Å². The molecule has 0 aliphatic rings. The average Bonchev–Trinajstić information content (AvgIpc) is 2.84. The Morgan fingerprint density at radius 3 is 1.47 bits per heavy atom. The highest BCUT2D eigenvalue weighted by molar-refractivity contribution is 6.10. The predicted octanol–water partition coefficient (Wildman–Crippen LogP) is 4.00. The van der Waals surface area contributed by atoms with Gasteiger partial charge in [-0.3, -0.25) is 9.59 Å². The van der Waals surface area contributed by atoms with Gasteiger partial charge in [-0.1, -0.05) is 0 Å². The van der Waals surface area contributed by atoms with E-state index in [1.54, 1.807) is 48.5 Å². The molecular weight excluding hydrogens is 412 g/mol. The Morgan fingerprint density at radius 1 is 0.594 bits per heavy atom. The van der Waals surface area contributed by atoms with E-state index in [9.17, 15) is 14.4 Å². The zero-order valence-corrected chi connectivity index (χ0v) is 17.8. The zero-order chi connectivity index (χ0) is 23.1. The summed E-state index contributed by atoms with van der Waals surface area (Å²) < 4.78 is 15.0. The summed E-state index contributed by atoms with van der Waals surface area (Å²) >= 11 is 0. The number of carbonyl (C=O) groups excluding carboxylic acids is 3. The van der Waals surface area contributed by atoms with E-state index in [4.69, 9.17) is 14.2 Å². The van der Waals surface area contributed by atoms with Gasteiger partial charge in [0.15, 0.2) is 0 Å². The van der Waals surface area contributed by atoms with Gasteiger partial charge in [-0.05, 0) is 66.7 Å². The van der Waals surface area contributed by atoms with Crippen LogP contribution in [0.3, 0.4) is 0 Å². The molecule has 2 N–H and O–H groups in total. The van der Waals surface area contributed by atoms with Crippen LogP contribution in [-0.2, 0) is 4.74 Å². The summed E-state index contributed by atoms with van der Waals surface area (Å²) in [5.74, 6) is -0.149. The molecule has 0 radical (unpaired) electrons. The van der Waals surface area contributed by atoms with Crippen molar-refractivity contribution in [3.8, 4) is 11.5 Å². The van der Waals surface area contributed by atoms with E-state index in [1.807, 2.05) is 0 Å². The molecule has 0 saturated heterocycles. The number of anilines is 2. The maximum absolute atomic E-state index is 12.7. The van der Waals surface area contributed by atoms with Crippen LogP contribution in [0.1, 0.15) is 31.1 Å². The Kier molecular flexibility index (Phi) is 7.07. The van der Waals surface area contributed by atoms with Crippen molar-refractivity contribution in [2.24, 2.45) is 0 Å². The van der Waals surface area contributed by atoms with Crippen LogP contribution in [0, 0.1) is 0 Å². The molecular formula is C24H22N2O6. The molecule has 0 atom stereocenters. The minimum Gasteiger partial charge on any atom is -0.497 e. The van der Waals surface area contributed by atoms with E-state index in [-0.39, 0.29) is 11.3 Å². The molecule has 0 aromatic heterocycles. The fourth-order valence-corrected chi connectivity index (χ4v) is 2.88. The first-order valence-electron chi connectivity index (χ1n) is 9.58. The maximum Gasteiger partial charge on any atom is 0.337 e. The largest absolute Gasteiger partial charge is 0.497 e. The molecule has 0 saturated carbocycles. The summed E-state index contributed by atoms with van der Waals surface area (Å²) in [5, 5.41) is 5.49. The minimum absolute atomic E-state index is 0.222. The summed E-state index contributed by atoms with van der Waals surface area (Å²) in [6.07, 6.45) is 0. The average molecular weight is 434 g/mol. The minimum atomic E-state index is -0.571. The Bertz CT molecular complexity index is 1120. The van der Waals surface area contributed by atoms with Crippen molar-refractivity contribution < 1.29 is 28.6 Å². The number of nitrogens with one attached hydrogen (secondary N) is 2. The number of esters is 1. The normalized spacial score (nSPS) is 10.1. The molecule has 3 aromatic rings. The molecule has 2 amide bonds. The number of amides is 2. The topological polar surface area (TPSA) is 103 Å². The van der Waals surface area contributed by atoms with Crippen molar-refractivity contribution in [1.82, 2.24) is 0 Å². The molecule has 0 spiro atoms. The highest BCUT2D eigenvalue weighted by atomic mass is 16.5. The molecule has 0 unspecified atom stereocenters. The van der Waals surface area contributed by atoms with Crippen LogP contribution in [-0.4, -0.2) is 39.1 Å². The van der Waals surface area contributed by atoms with E-state index in [0.29, 0.717) is 28.3 Å². The maximum atomic E-state index is 12.7. The predicted molar refractivity (Wildman–Crippen MR) is 120 cm³/mol. The van der Waals surface area contributed by atoms with Crippen molar-refractivity contribution >= 4 is 29.2 Å². The Morgan fingerprint density at radius 2 is 1.03 bits per heavy atom. The Labute approximate surface area is 185 Å². The van der Waals surface area contributed by atoms with E-state index < -0.39 is 17.8 Å². The van der Waals surface area contributed by atoms with Crippen molar-refractivity contribution in [2.45, 2.75) is 0 Å². The second-order valence-corrected chi connectivity index (χ2v) is 6.62. The van der Waals surface area contributed by atoms with Crippen LogP contribution in [0.4, 0.5) is 11.4 Å². The number of carbonyl (C=O) groups is 3. The van der Waals surface area contributed by atoms with E-state index >= 15 is 0 Å². The fraction of sp³-hybridized carbons (Fsp3) is 0.125. The van der Waals surface area contributed by atoms with Gasteiger partial charge < -0.3 is 24.8 Å². The third-order valence-electron chi connectivity index (χ3n) is 4.64. The van der Waals surface area contributed by atoms with E-state index in [0.717, 1.165) is 0 Å². The molecule has 3 rings (SSSR count). The first kappa shape index (κ1) is 22.4. The first-order chi connectivity index (χ1) is 15.4. The lowest BCUT2D eigenvalue weighted by Crippen LogP contribution is -2.17. The third kappa shape index (κ3) is 5.23. The molecule has 8 heteroatoms. The quantitative estimate of drug-likeness (QED) is 0.545. The van der Waals surface area contributed by atoms with Gasteiger partial charge in [0.1, 0.15) is 11.5 Å². The molecule has 0 aliphatic heterocycles. The first-order valence-corrected chi connectivity index (χ1v) is 9.58. The van der Waals surface area contributed by atoms with Crippen LogP contribution in [0.25, 0.3) is 0 Å². The molecule has 3 aromatic carbocycles. The van der Waals surface area contributed by atoms with E-state index in [1.165, 1.54) is 39.5 Å². The summed E-state index contributed by atoms with van der Waals surface area (Å²) in [5.41, 5.74) is 1.56. The van der Waals surface area contributed by atoms with Crippen molar-refractivity contribution in [3.05, 3.63) is 83.4 Å². The number of rotatable bonds is 7. The zero-order valence-electron chi connectivity index (χ0n) is 17.8. The summed E-state index contributed by atoms with van der Waals surface area (Å²) in [6.45, 7) is 0. The molecule has 164 valence electrons. The smallest absolute Gasteiger partial charge is 0.337 e. The van der Waals surface area contributed by atoms with Crippen molar-refractivity contribution in [1.29, 1.82) is 0 Å². The number of hydrogen-bond acceptors (Lipinski definition) is 6. The third-order valence-corrected chi connectivity index (χ3v) is 4.64. The van der Waals surface area contributed by atoms with Gasteiger partial charge in [-0.25, -0.2) is 4.79 Å². The van der Waals surface area contributed by atoms with Crippen LogP contribution in [0.15, 0.2) is 66.7 Å². The van der Waals surface area contributed by atoms with Gasteiger partial charge in [0.25, 0.3) is 11.8 Å². The van der Waals surface area contributed by atoms with Crippen LogP contribution in [0.2, 0.25) is 0 Å². The second kappa shape index (κ2) is 10.1. The molecule has 32 heavy (non-hydrogen) atoms. The van der Waals surface area contributed by atoms with Gasteiger partial charge in [0.05, 0.1) is 38.3 Å². The Hall–Kier alpha value is -4.33. The SMILES string of the molecule is COC(=O)c1ccc(NC(=O)c2ccc(OC)cc2)c(NC(=O)c2ccc(OC)cc2)c1. The lowest BCUT2D eigenvalue weighted by Gasteiger charge is -2.14. The van der Waals surface area contributed by atoms with Gasteiger partial charge in [-0.15, -0.1) is 0 Å². The van der Waals surface area contributed by atoms with Crippen molar-refractivity contribution in [3.63, 3.8) is 0 Å². The second-order valence-electron chi connectivity index (χ2n) is 6.62. The van der Waals surface area contributed by atoms with E-state index in [2.05, 4.69) is 10.6 Å². The highest BCUT2D eigenvalue weighted by Gasteiger charge is 2.16.